The Balaban J connectivity index is 1.90. The fourth-order valence-corrected chi connectivity index (χ4v) is 2.81. The molecule has 3 rings (SSSR count). The van der Waals surface area contributed by atoms with Crippen LogP contribution in [0.4, 0.5) is 0 Å². The Kier molecular flexibility index (Phi) is 4.52. The lowest BCUT2D eigenvalue weighted by molar-refractivity contribution is -0.147. The minimum absolute atomic E-state index is 0.0970. The van der Waals surface area contributed by atoms with Crippen molar-refractivity contribution in [3.8, 4) is 16.9 Å². The minimum Gasteiger partial charge on any atom is -0.478 e. The van der Waals surface area contributed by atoms with Crippen LogP contribution in [0.1, 0.15) is 13.8 Å². The van der Waals surface area contributed by atoms with Crippen LogP contribution >= 0.6 is 0 Å². The summed E-state index contributed by atoms with van der Waals surface area (Å²) >= 11 is 0. The van der Waals surface area contributed by atoms with E-state index in [4.69, 9.17) is 4.74 Å². The number of fused-ring (bicyclic) bond motifs is 1. The molecule has 0 bridgehead atoms. The highest BCUT2D eigenvalue weighted by Gasteiger charge is 2.23. The highest BCUT2D eigenvalue weighted by molar-refractivity contribution is 5.96. The average molecular weight is 320 g/mol. The number of ether oxygens (including phenoxy) is 1. The normalized spacial score (nSPS) is 12.3. The molecule has 0 saturated carbocycles. The van der Waals surface area contributed by atoms with Gasteiger partial charge in [-0.25, -0.2) is 4.79 Å². The zero-order valence-corrected chi connectivity index (χ0v) is 13.8. The van der Waals surface area contributed by atoms with E-state index < -0.39 is 12.1 Å². The Morgan fingerprint density at radius 3 is 2.25 bits per heavy atom. The molecule has 0 radical (unpaired) electrons. The number of carbonyl (C=O) groups is 1. The molecule has 24 heavy (non-hydrogen) atoms. The molecule has 0 heterocycles. The van der Waals surface area contributed by atoms with Gasteiger partial charge in [0.05, 0.1) is 0 Å². The molecule has 0 amide bonds. The van der Waals surface area contributed by atoms with Crippen molar-refractivity contribution in [3.05, 3.63) is 66.7 Å². The Hall–Kier alpha value is -2.81. The van der Waals surface area contributed by atoms with Crippen LogP contribution in [0, 0.1) is 5.92 Å². The molecular weight excluding hydrogens is 300 g/mol. The third kappa shape index (κ3) is 3.25. The molecule has 0 fully saturated rings. The van der Waals surface area contributed by atoms with Crippen LogP contribution in [0.25, 0.3) is 21.9 Å². The van der Waals surface area contributed by atoms with Gasteiger partial charge in [0.15, 0.2) is 6.10 Å². The van der Waals surface area contributed by atoms with Crippen LogP contribution in [0.5, 0.6) is 5.75 Å². The number of carboxylic acid groups (broad SMARTS) is 1. The Bertz CT molecular complexity index is 845. The Morgan fingerprint density at radius 2 is 1.58 bits per heavy atom. The minimum atomic E-state index is -0.942. The zero-order valence-electron chi connectivity index (χ0n) is 13.8. The van der Waals surface area contributed by atoms with Gasteiger partial charge in [-0.2, -0.15) is 0 Å². The molecule has 0 spiro atoms. The number of rotatable bonds is 5. The van der Waals surface area contributed by atoms with Gasteiger partial charge in [0, 0.05) is 5.92 Å². The highest BCUT2D eigenvalue weighted by atomic mass is 16.5. The number of carboxylic acids is 1. The van der Waals surface area contributed by atoms with Gasteiger partial charge in [-0.15, -0.1) is 0 Å². The van der Waals surface area contributed by atoms with E-state index in [9.17, 15) is 9.90 Å². The molecule has 0 aliphatic heterocycles. The molecule has 1 atom stereocenters. The lowest BCUT2D eigenvalue weighted by atomic mass is 9.98. The summed E-state index contributed by atoms with van der Waals surface area (Å²) in [7, 11) is 0. The molecule has 3 aromatic rings. The first-order chi connectivity index (χ1) is 11.6. The lowest BCUT2D eigenvalue weighted by Gasteiger charge is -2.18. The van der Waals surface area contributed by atoms with Crippen molar-refractivity contribution in [2.45, 2.75) is 20.0 Å². The maximum Gasteiger partial charge on any atom is 0.345 e. The molecule has 3 nitrogen and oxygen atoms in total. The first-order valence-electron chi connectivity index (χ1n) is 8.04. The highest BCUT2D eigenvalue weighted by Crippen LogP contribution is 2.30. The topological polar surface area (TPSA) is 46.5 Å². The maximum atomic E-state index is 11.3. The van der Waals surface area contributed by atoms with Crippen molar-refractivity contribution in [3.63, 3.8) is 0 Å². The summed E-state index contributed by atoms with van der Waals surface area (Å²) in [6.07, 6.45) is -0.839. The third-order valence-electron chi connectivity index (χ3n) is 4.07. The summed E-state index contributed by atoms with van der Waals surface area (Å²) < 4.78 is 5.62. The number of hydrogen-bond donors (Lipinski definition) is 1. The Labute approximate surface area is 141 Å². The zero-order chi connectivity index (χ0) is 17.1. The molecular formula is C21H20O3. The summed E-state index contributed by atoms with van der Waals surface area (Å²) in [4.78, 5) is 11.3. The van der Waals surface area contributed by atoms with Crippen LogP contribution < -0.4 is 4.74 Å². The molecule has 0 saturated heterocycles. The summed E-state index contributed by atoms with van der Waals surface area (Å²) in [6, 6.07) is 22.1. The van der Waals surface area contributed by atoms with E-state index in [1.54, 1.807) is 0 Å². The molecule has 1 N–H and O–H groups in total. The van der Waals surface area contributed by atoms with E-state index in [2.05, 4.69) is 24.3 Å². The predicted octanol–water partition coefficient (Wildman–Crippen LogP) is 4.99. The van der Waals surface area contributed by atoms with Crippen molar-refractivity contribution in [1.82, 2.24) is 0 Å². The summed E-state index contributed by atoms with van der Waals surface area (Å²) in [6.45, 7) is 3.67. The molecule has 0 aromatic heterocycles. The Morgan fingerprint density at radius 1 is 0.917 bits per heavy atom. The van der Waals surface area contributed by atoms with Gasteiger partial charge in [0.2, 0.25) is 0 Å². The second kappa shape index (κ2) is 6.75. The van der Waals surface area contributed by atoms with Crippen molar-refractivity contribution in [1.29, 1.82) is 0 Å². The number of aliphatic carboxylic acids is 1. The van der Waals surface area contributed by atoms with Crippen LogP contribution in [-0.2, 0) is 4.79 Å². The lowest BCUT2D eigenvalue weighted by Crippen LogP contribution is -2.32. The van der Waals surface area contributed by atoms with Crippen molar-refractivity contribution in [2.24, 2.45) is 5.92 Å². The molecule has 3 aromatic carbocycles. The van der Waals surface area contributed by atoms with Gasteiger partial charge in [-0.05, 0) is 34.0 Å². The van der Waals surface area contributed by atoms with Gasteiger partial charge in [-0.3, -0.25) is 0 Å². The average Bonchev–Trinajstić information content (AvgIpc) is 2.59. The maximum absolute atomic E-state index is 11.3. The number of benzene rings is 3. The van der Waals surface area contributed by atoms with Crippen LogP contribution in [0.15, 0.2) is 66.7 Å². The first-order valence-corrected chi connectivity index (χ1v) is 8.04. The van der Waals surface area contributed by atoms with Crippen molar-refractivity contribution < 1.29 is 14.6 Å². The molecule has 0 aliphatic rings. The fourth-order valence-electron chi connectivity index (χ4n) is 2.81. The van der Waals surface area contributed by atoms with Crippen LogP contribution in [0.2, 0.25) is 0 Å². The largest absolute Gasteiger partial charge is 0.478 e. The first kappa shape index (κ1) is 16.1. The molecule has 122 valence electrons. The van der Waals surface area contributed by atoms with Crippen LogP contribution in [-0.4, -0.2) is 17.2 Å². The predicted molar refractivity (Wildman–Crippen MR) is 96.3 cm³/mol. The smallest absolute Gasteiger partial charge is 0.345 e. The SMILES string of the molecule is CC(C)C(Oc1ccc(-c2cccc3ccccc23)cc1)C(=O)O. The van der Waals surface area contributed by atoms with Crippen LogP contribution in [0.3, 0.4) is 0 Å². The van der Waals surface area contributed by atoms with Crippen molar-refractivity contribution >= 4 is 16.7 Å². The number of hydrogen-bond acceptors (Lipinski definition) is 2. The van der Waals surface area contributed by atoms with E-state index in [-0.39, 0.29) is 5.92 Å². The van der Waals surface area contributed by atoms with E-state index >= 15 is 0 Å². The molecule has 3 heteroatoms. The summed E-state index contributed by atoms with van der Waals surface area (Å²) in [5, 5.41) is 11.6. The van der Waals surface area contributed by atoms with E-state index in [1.807, 2.05) is 56.3 Å². The summed E-state index contributed by atoms with van der Waals surface area (Å²) in [5.41, 5.74) is 2.23. The monoisotopic (exact) mass is 320 g/mol. The second-order valence-corrected chi connectivity index (χ2v) is 6.17. The van der Waals surface area contributed by atoms with E-state index in [1.165, 1.54) is 10.8 Å². The van der Waals surface area contributed by atoms with Gasteiger partial charge in [0.25, 0.3) is 0 Å². The van der Waals surface area contributed by atoms with E-state index in [0.29, 0.717) is 5.75 Å². The quantitative estimate of drug-likeness (QED) is 0.720. The van der Waals surface area contributed by atoms with Gasteiger partial charge in [0.1, 0.15) is 5.75 Å². The molecule has 0 aliphatic carbocycles. The van der Waals surface area contributed by atoms with E-state index in [0.717, 1.165) is 11.1 Å². The fraction of sp³-hybridized carbons (Fsp3) is 0.190. The molecule has 1 unspecified atom stereocenters. The van der Waals surface area contributed by atoms with Gasteiger partial charge < -0.3 is 9.84 Å². The third-order valence-corrected chi connectivity index (χ3v) is 4.07. The standard InChI is InChI=1S/C21H20O3/c1-14(2)20(21(22)23)24-17-12-10-16(11-13-17)19-9-5-7-15-6-3-4-8-18(15)19/h3-14,20H,1-2H3,(H,22,23). The van der Waals surface area contributed by atoms with Gasteiger partial charge >= 0.3 is 5.97 Å². The van der Waals surface area contributed by atoms with Crippen molar-refractivity contribution in [2.75, 3.05) is 0 Å². The summed E-state index contributed by atoms with van der Waals surface area (Å²) in [5.74, 6) is -0.469. The second-order valence-electron chi connectivity index (χ2n) is 6.17. The van der Waals surface area contributed by atoms with Gasteiger partial charge in [-0.1, -0.05) is 68.4 Å².